The molecule has 2 rings (SSSR count). The van der Waals surface area contributed by atoms with E-state index in [-0.39, 0.29) is 5.75 Å². The first-order valence-corrected chi connectivity index (χ1v) is 8.02. The molecule has 2 N–H and O–H groups in total. The first-order chi connectivity index (χ1) is 11.6. The van der Waals surface area contributed by atoms with Crippen LogP contribution in [0.25, 0.3) is 0 Å². The number of nitrogens with one attached hydrogen (secondary N) is 1. The van der Waals surface area contributed by atoms with Crippen LogP contribution < -0.4 is 10.1 Å². The molecule has 0 radical (unpaired) electrons. The Hall–Kier alpha value is -2.69. The molecule has 2 aromatic rings. The zero-order chi connectivity index (χ0) is 17.4. The topological polar surface area (TPSA) is 57.1 Å². The third kappa shape index (κ3) is 5.19. The molecule has 0 saturated heterocycles. The zero-order valence-corrected chi connectivity index (χ0v) is 14.5. The summed E-state index contributed by atoms with van der Waals surface area (Å²) in [5, 5.41) is 12.7. The first-order valence-electron chi connectivity index (χ1n) is 8.02. The minimum atomic E-state index is 0.270. The van der Waals surface area contributed by atoms with Gasteiger partial charge in [0.2, 0.25) is 0 Å². The molecule has 0 unspecified atom stereocenters. The molecule has 24 heavy (non-hydrogen) atoms. The van der Waals surface area contributed by atoms with Crippen LogP contribution in [0.5, 0.6) is 11.5 Å². The van der Waals surface area contributed by atoms with E-state index in [1.165, 1.54) is 5.56 Å². The van der Waals surface area contributed by atoms with Crippen LogP contribution in [0.3, 0.4) is 0 Å². The third-order valence-corrected chi connectivity index (χ3v) is 3.62. The fraction of sp³-hybridized carbons (Fsp3) is 0.316. The molecule has 0 aromatic heterocycles. The normalized spacial score (nSPS) is 11.2. The summed E-state index contributed by atoms with van der Waals surface area (Å²) in [5.74, 6) is 1.97. The van der Waals surface area contributed by atoms with Gasteiger partial charge in [-0.3, -0.25) is 0 Å². The van der Waals surface area contributed by atoms with Crippen LogP contribution in [0.4, 0.5) is 0 Å². The zero-order valence-electron chi connectivity index (χ0n) is 14.5. The number of ether oxygens (including phenoxy) is 1. The van der Waals surface area contributed by atoms with Crippen molar-refractivity contribution in [3.05, 3.63) is 59.7 Å². The van der Waals surface area contributed by atoms with Gasteiger partial charge in [-0.25, -0.2) is 4.99 Å². The molecule has 128 valence electrons. The van der Waals surface area contributed by atoms with Crippen molar-refractivity contribution in [3.63, 3.8) is 0 Å². The van der Waals surface area contributed by atoms with Crippen LogP contribution in [-0.2, 0) is 13.1 Å². The van der Waals surface area contributed by atoms with Crippen molar-refractivity contribution in [1.82, 2.24) is 10.2 Å². The van der Waals surface area contributed by atoms with Crippen molar-refractivity contribution in [1.29, 1.82) is 0 Å². The van der Waals surface area contributed by atoms with Gasteiger partial charge in [0.25, 0.3) is 0 Å². The van der Waals surface area contributed by atoms with Gasteiger partial charge >= 0.3 is 0 Å². The summed E-state index contributed by atoms with van der Waals surface area (Å²) in [4.78, 5) is 6.76. The molecule has 2 aromatic carbocycles. The second kappa shape index (κ2) is 8.82. The molecule has 0 spiro atoms. The molecule has 0 saturated carbocycles. The van der Waals surface area contributed by atoms with E-state index >= 15 is 0 Å². The van der Waals surface area contributed by atoms with E-state index in [4.69, 9.17) is 4.74 Å². The SMILES string of the molecule is CCNC(=NCc1ccc(O)cc1)N(C)Cc1ccc(OC)cc1. The molecule has 5 nitrogen and oxygen atoms in total. The highest BCUT2D eigenvalue weighted by Crippen LogP contribution is 2.13. The Bertz CT molecular complexity index is 651. The number of aromatic hydroxyl groups is 1. The number of hydrogen-bond donors (Lipinski definition) is 2. The van der Waals surface area contributed by atoms with Crippen molar-refractivity contribution in [2.45, 2.75) is 20.0 Å². The Morgan fingerprint density at radius 2 is 1.71 bits per heavy atom. The molecule has 0 aliphatic heterocycles. The average Bonchev–Trinajstić information content (AvgIpc) is 2.60. The molecule has 0 aliphatic carbocycles. The highest BCUT2D eigenvalue weighted by Gasteiger charge is 2.07. The molecular formula is C19H25N3O2. The van der Waals surface area contributed by atoms with Crippen LogP contribution in [-0.4, -0.2) is 36.7 Å². The van der Waals surface area contributed by atoms with Crippen LogP contribution >= 0.6 is 0 Å². The summed E-state index contributed by atoms with van der Waals surface area (Å²) in [6.45, 7) is 4.18. The van der Waals surface area contributed by atoms with Crippen LogP contribution in [0.15, 0.2) is 53.5 Å². The van der Waals surface area contributed by atoms with Gasteiger partial charge in [-0.15, -0.1) is 0 Å². The van der Waals surface area contributed by atoms with Crippen molar-refractivity contribution < 1.29 is 9.84 Å². The van der Waals surface area contributed by atoms with Gasteiger partial charge in [0, 0.05) is 20.1 Å². The lowest BCUT2D eigenvalue weighted by atomic mass is 10.2. The molecule has 0 aliphatic rings. The van der Waals surface area contributed by atoms with Gasteiger partial charge < -0.3 is 20.1 Å². The van der Waals surface area contributed by atoms with Gasteiger partial charge in [-0.1, -0.05) is 24.3 Å². The maximum Gasteiger partial charge on any atom is 0.194 e. The lowest BCUT2D eigenvalue weighted by molar-refractivity contribution is 0.414. The van der Waals surface area contributed by atoms with E-state index in [1.54, 1.807) is 19.2 Å². The lowest BCUT2D eigenvalue weighted by Crippen LogP contribution is -2.38. The predicted octanol–water partition coefficient (Wildman–Crippen LogP) is 3.00. The summed E-state index contributed by atoms with van der Waals surface area (Å²) in [6, 6.07) is 15.2. The van der Waals surface area contributed by atoms with Crippen molar-refractivity contribution in [3.8, 4) is 11.5 Å². The number of nitrogens with zero attached hydrogens (tertiary/aromatic N) is 2. The summed E-state index contributed by atoms with van der Waals surface area (Å²) in [6.07, 6.45) is 0. The van der Waals surface area contributed by atoms with Crippen LogP contribution in [0, 0.1) is 0 Å². The Labute approximate surface area is 143 Å². The highest BCUT2D eigenvalue weighted by atomic mass is 16.5. The Balaban J connectivity index is 2.03. The minimum absolute atomic E-state index is 0.270. The Morgan fingerprint density at radius 1 is 1.08 bits per heavy atom. The standard InChI is InChI=1S/C19H25N3O2/c1-4-20-19(21-13-15-5-9-17(23)10-6-15)22(2)14-16-7-11-18(24-3)12-8-16/h5-12,23H,4,13-14H2,1-3H3,(H,20,21). The molecular weight excluding hydrogens is 302 g/mol. The quantitative estimate of drug-likeness (QED) is 0.632. The summed E-state index contributed by atoms with van der Waals surface area (Å²) < 4.78 is 5.19. The molecule has 0 atom stereocenters. The van der Waals surface area contributed by atoms with Crippen LogP contribution in [0.2, 0.25) is 0 Å². The number of rotatable bonds is 6. The van der Waals surface area contributed by atoms with Gasteiger partial charge in [0.05, 0.1) is 13.7 Å². The summed E-state index contributed by atoms with van der Waals surface area (Å²) >= 11 is 0. The predicted molar refractivity (Wildman–Crippen MR) is 97.4 cm³/mol. The smallest absolute Gasteiger partial charge is 0.194 e. The van der Waals surface area contributed by atoms with E-state index in [1.807, 2.05) is 31.3 Å². The van der Waals surface area contributed by atoms with E-state index < -0.39 is 0 Å². The van der Waals surface area contributed by atoms with Crippen molar-refractivity contribution in [2.75, 3.05) is 20.7 Å². The molecule has 5 heteroatoms. The summed E-state index contributed by atoms with van der Waals surface area (Å²) in [5.41, 5.74) is 2.24. The van der Waals surface area contributed by atoms with E-state index in [0.29, 0.717) is 6.54 Å². The number of phenolic OH excluding ortho intramolecular Hbond substituents is 1. The molecule has 0 fully saturated rings. The lowest BCUT2D eigenvalue weighted by Gasteiger charge is -2.22. The van der Waals surface area contributed by atoms with E-state index in [0.717, 1.165) is 30.4 Å². The van der Waals surface area contributed by atoms with Crippen molar-refractivity contribution in [2.24, 2.45) is 4.99 Å². The molecule has 0 bridgehead atoms. The monoisotopic (exact) mass is 327 g/mol. The number of phenols is 1. The minimum Gasteiger partial charge on any atom is -0.508 e. The second-order valence-electron chi connectivity index (χ2n) is 5.54. The highest BCUT2D eigenvalue weighted by molar-refractivity contribution is 5.79. The fourth-order valence-electron chi connectivity index (χ4n) is 2.32. The number of benzene rings is 2. The maximum absolute atomic E-state index is 9.34. The maximum atomic E-state index is 9.34. The largest absolute Gasteiger partial charge is 0.508 e. The third-order valence-electron chi connectivity index (χ3n) is 3.62. The Kier molecular flexibility index (Phi) is 6.49. The average molecular weight is 327 g/mol. The van der Waals surface area contributed by atoms with Gasteiger partial charge in [-0.2, -0.15) is 0 Å². The number of methoxy groups -OCH3 is 1. The second-order valence-corrected chi connectivity index (χ2v) is 5.54. The van der Waals surface area contributed by atoms with E-state index in [9.17, 15) is 5.11 Å². The van der Waals surface area contributed by atoms with Crippen molar-refractivity contribution >= 4 is 5.96 Å². The van der Waals surface area contributed by atoms with Gasteiger partial charge in [0.1, 0.15) is 11.5 Å². The van der Waals surface area contributed by atoms with Gasteiger partial charge in [-0.05, 0) is 42.3 Å². The number of aliphatic imine (C=N–C) groups is 1. The molecule has 0 heterocycles. The summed E-state index contributed by atoms with van der Waals surface area (Å²) in [7, 11) is 3.68. The van der Waals surface area contributed by atoms with Crippen LogP contribution in [0.1, 0.15) is 18.1 Å². The number of guanidine groups is 1. The fourth-order valence-corrected chi connectivity index (χ4v) is 2.32. The Morgan fingerprint density at radius 3 is 2.29 bits per heavy atom. The molecule has 0 amide bonds. The van der Waals surface area contributed by atoms with Gasteiger partial charge in [0.15, 0.2) is 5.96 Å². The number of hydrogen-bond acceptors (Lipinski definition) is 3. The first kappa shape index (κ1) is 17.7. The van der Waals surface area contributed by atoms with E-state index in [2.05, 4.69) is 34.3 Å².